The summed E-state index contributed by atoms with van der Waals surface area (Å²) in [4.78, 5) is 12.9. The first-order chi connectivity index (χ1) is 12.7. The third-order valence-corrected chi connectivity index (χ3v) is 6.16. The van der Waals surface area contributed by atoms with Gasteiger partial charge < -0.3 is 9.88 Å². The second-order valence-electron chi connectivity index (χ2n) is 6.32. The van der Waals surface area contributed by atoms with E-state index in [4.69, 9.17) is 0 Å². The first kappa shape index (κ1) is 18.9. The highest BCUT2D eigenvalue weighted by atomic mass is 32.2. The van der Waals surface area contributed by atoms with Crippen molar-refractivity contribution in [2.24, 2.45) is 7.05 Å². The Kier molecular flexibility index (Phi) is 4.90. The zero-order valence-corrected chi connectivity index (χ0v) is 16.4. The molecule has 0 bridgehead atoms. The van der Waals surface area contributed by atoms with Crippen LogP contribution < -0.4 is 5.32 Å². The molecule has 0 aliphatic carbocycles. The van der Waals surface area contributed by atoms with Crippen LogP contribution >= 0.6 is 0 Å². The Labute approximate surface area is 158 Å². The first-order valence-electron chi connectivity index (χ1n) is 8.21. The Hall–Kier alpha value is -2.91. The second kappa shape index (κ2) is 7.01. The molecule has 0 aliphatic rings. The Bertz CT molecular complexity index is 1080. The minimum Gasteiger partial charge on any atom is -0.322 e. The van der Waals surface area contributed by atoms with Crippen molar-refractivity contribution in [3.63, 3.8) is 0 Å². The molecule has 3 aromatic rings. The molecule has 9 heteroatoms. The van der Waals surface area contributed by atoms with Crippen LogP contribution in [0, 0.1) is 6.92 Å². The lowest BCUT2D eigenvalue weighted by Crippen LogP contribution is -2.23. The fourth-order valence-corrected chi connectivity index (χ4v) is 3.87. The topological polar surface area (TPSA) is 89.2 Å². The van der Waals surface area contributed by atoms with Gasteiger partial charge in [-0.2, -0.15) is 5.10 Å². The minimum absolute atomic E-state index is 0.155. The molecule has 142 valence electrons. The second-order valence-corrected chi connectivity index (χ2v) is 8.44. The maximum atomic E-state index is 12.8. The van der Waals surface area contributed by atoms with Crippen LogP contribution in [-0.4, -0.2) is 47.1 Å². The number of rotatable bonds is 5. The molecular weight excluding hydrogens is 366 g/mol. The molecule has 0 unspecified atom stereocenters. The highest BCUT2D eigenvalue weighted by Crippen LogP contribution is 2.23. The lowest BCUT2D eigenvalue weighted by Gasteiger charge is -2.15. The number of nitrogens with one attached hydrogen (secondary N) is 1. The van der Waals surface area contributed by atoms with Crippen molar-refractivity contribution < 1.29 is 13.2 Å². The molecule has 0 spiro atoms. The quantitative estimate of drug-likeness (QED) is 0.725. The number of sulfonamides is 1. The summed E-state index contributed by atoms with van der Waals surface area (Å²) >= 11 is 0. The van der Waals surface area contributed by atoms with E-state index in [-0.39, 0.29) is 10.8 Å². The Morgan fingerprint density at radius 1 is 1.19 bits per heavy atom. The summed E-state index contributed by atoms with van der Waals surface area (Å²) in [5, 5.41) is 6.93. The van der Waals surface area contributed by atoms with Gasteiger partial charge in [-0.25, -0.2) is 12.7 Å². The van der Waals surface area contributed by atoms with Crippen LogP contribution in [0.3, 0.4) is 0 Å². The molecule has 1 N–H and O–H groups in total. The summed E-state index contributed by atoms with van der Waals surface area (Å²) in [5.74, 6) is 0.245. The molecule has 3 rings (SSSR count). The van der Waals surface area contributed by atoms with Gasteiger partial charge >= 0.3 is 0 Å². The van der Waals surface area contributed by atoms with Crippen molar-refractivity contribution in [1.82, 2.24) is 18.7 Å². The maximum absolute atomic E-state index is 12.8. The Morgan fingerprint density at radius 3 is 2.48 bits per heavy atom. The van der Waals surface area contributed by atoms with Crippen LogP contribution in [0.15, 0.2) is 53.8 Å². The predicted molar refractivity (Wildman–Crippen MR) is 103 cm³/mol. The van der Waals surface area contributed by atoms with E-state index in [1.165, 1.54) is 26.4 Å². The molecule has 27 heavy (non-hydrogen) atoms. The van der Waals surface area contributed by atoms with E-state index < -0.39 is 10.0 Å². The van der Waals surface area contributed by atoms with Gasteiger partial charge in [0.05, 0.1) is 11.1 Å². The summed E-state index contributed by atoms with van der Waals surface area (Å²) in [5.41, 5.74) is 1.38. The fraction of sp³-hybridized carbons (Fsp3) is 0.222. The molecule has 0 radical (unpaired) electrons. The summed E-state index contributed by atoms with van der Waals surface area (Å²) in [6.45, 7) is 1.72. The highest BCUT2D eigenvalue weighted by molar-refractivity contribution is 7.89. The average molecular weight is 387 g/mol. The molecule has 2 aromatic heterocycles. The predicted octanol–water partition coefficient (Wildman–Crippen LogP) is 2.02. The van der Waals surface area contributed by atoms with Crippen LogP contribution in [0.4, 0.5) is 5.69 Å². The third kappa shape index (κ3) is 3.51. The normalized spacial score (nSPS) is 11.7. The van der Waals surface area contributed by atoms with E-state index >= 15 is 0 Å². The van der Waals surface area contributed by atoms with Gasteiger partial charge in [0.15, 0.2) is 0 Å². The van der Waals surface area contributed by atoms with Gasteiger partial charge in [0.2, 0.25) is 10.0 Å². The maximum Gasteiger partial charge on any atom is 0.261 e. The van der Waals surface area contributed by atoms with E-state index in [9.17, 15) is 13.2 Å². The number of carbonyl (C=O) groups is 1. The van der Waals surface area contributed by atoms with E-state index in [0.717, 1.165) is 4.31 Å². The van der Waals surface area contributed by atoms with Gasteiger partial charge in [0, 0.05) is 39.2 Å². The van der Waals surface area contributed by atoms with Crippen molar-refractivity contribution in [2.45, 2.75) is 11.8 Å². The minimum atomic E-state index is -3.61. The van der Waals surface area contributed by atoms with Gasteiger partial charge in [-0.3, -0.25) is 9.48 Å². The molecule has 1 amide bonds. The van der Waals surface area contributed by atoms with Crippen LogP contribution in [-0.2, 0) is 17.1 Å². The van der Waals surface area contributed by atoms with Crippen molar-refractivity contribution in [3.05, 3.63) is 60.0 Å². The van der Waals surface area contributed by atoms with Crippen LogP contribution in [0.2, 0.25) is 0 Å². The summed E-state index contributed by atoms with van der Waals surface area (Å²) in [7, 11) is 1.08. The average Bonchev–Trinajstić information content (AvgIpc) is 3.25. The fourth-order valence-electron chi connectivity index (χ4n) is 2.72. The molecular formula is C18H21N5O3S. The number of hydrogen-bond acceptors (Lipinski definition) is 4. The molecule has 0 atom stereocenters. The Balaban J connectivity index is 1.95. The summed E-state index contributed by atoms with van der Waals surface area (Å²) < 4.78 is 29.5. The number of carbonyl (C=O) groups excluding carboxylic acids is 1. The summed E-state index contributed by atoms with van der Waals surface area (Å²) in [6.07, 6.45) is 5.12. The number of amides is 1. The van der Waals surface area contributed by atoms with Gasteiger partial charge in [-0.15, -0.1) is 0 Å². The van der Waals surface area contributed by atoms with Gasteiger partial charge in [0.25, 0.3) is 5.91 Å². The van der Waals surface area contributed by atoms with Gasteiger partial charge in [-0.1, -0.05) is 6.07 Å². The molecule has 2 heterocycles. The first-order valence-corrected chi connectivity index (χ1v) is 9.65. The summed E-state index contributed by atoms with van der Waals surface area (Å²) in [6, 6.07) is 8.52. The van der Waals surface area contributed by atoms with E-state index in [0.29, 0.717) is 22.6 Å². The lowest BCUT2D eigenvalue weighted by atomic mass is 10.2. The van der Waals surface area contributed by atoms with Crippen molar-refractivity contribution in [2.75, 3.05) is 19.4 Å². The zero-order chi connectivity index (χ0) is 19.8. The van der Waals surface area contributed by atoms with Crippen molar-refractivity contribution in [1.29, 1.82) is 0 Å². The molecule has 0 saturated carbocycles. The smallest absolute Gasteiger partial charge is 0.261 e. The van der Waals surface area contributed by atoms with E-state index in [1.807, 2.05) is 24.5 Å². The highest BCUT2D eigenvalue weighted by Gasteiger charge is 2.22. The molecule has 0 fully saturated rings. The molecule has 0 saturated heterocycles. The monoisotopic (exact) mass is 387 g/mol. The molecule has 1 aromatic carbocycles. The van der Waals surface area contributed by atoms with Crippen molar-refractivity contribution in [3.8, 4) is 5.82 Å². The number of nitrogens with zero attached hydrogens (tertiary/aromatic N) is 4. The number of hydrogen-bond donors (Lipinski definition) is 1. The largest absolute Gasteiger partial charge is 0.322 e. The van der Waals surface area contributed by atoms with Crippen molar-refractivity contribution >= 4 is 21.6 Å². The van der Waals surface area contributed by atoms with Crippen LogP contribution in [0.5, 0.6) is 0 Å². The van der Waals surface area contributed by atoms with Gasteiger partial charge in [0.1, 0.15) is 11.4 Å². The lowest BCUT2D eigenvalue weighted by molar-refractivity contribution is 0.102. The number of benzene rings is 1. The number of aryl methyl sites for hydroxylation is 2. The van der Waals surface area contributed by atoms with Crippen LogP contribution in [0.1, 0.15) is 15.9 Å². The number of aromatic nitrogens is 3. The molecule has 8 nitrogen and oxygen atoms in total. The zero-order valence-electron chi connectivity index (χ0n) is 15.5. The Morgan fingerprint density at radius 2 is 1.85 bits per heavy atom. The standard InChI is InChI=1S/C18H21N5O3S/c1-13-7-8-14(11-16(13)27(25,26)21(2)3)20-17(24)15-12-19-22(4)18(15)23-9-5-6-10-23/h5-12H,1-4H3,(H,20,24). The van der Waals surface area contributed by atoms with Gasteiger partial charge in [-0.05, 0) is 36.8 Å². The van der Waals surface area contributed by atoms with Crippen LogP contribution in [0.25, 0.3) is 5.82 Å². The number of anilines is 1. The SMILES string of the molecule is Cc1ccc(NC(=O)c2cnn(C)c2-n2cccc2)cc1S(=O)(=O)N(C)C. The van der Waals surface area contributed by atoms with E-state index in [2.05, 4.69) is 10.4 Å². The van der Waals surface area contributed by atoms with E-state index in [1.54, 1.807) is 35.4 Å². The molecule has 0 aliphatic heterocycles. The third-order valence-electron chi connectivity index (χ3n) is 4.21.